The molecular weight excluding hydrogens is 152 g/mol. The Morgan fingerprint density at radius 2 is 1.92 bits per heavy atom. The van der Waals surface area contributed by atoms with Crippen LogP contribution in [0.4, 0.5) is 0 Å². The highest BCUT2D eigenvalue weighted by atomic mass is 16.2. The first kappa shape index (κ1) is 11.4. The lowest BCUT2D eigenvalue weighted by molar-refractivity contribution is -0.133. The first-order valence-corrected chi connectivity index (χ1v) is 4.40. The molecule has 1 amide bonds. The number of rotatable bonds is 4. The van der Waals surface area contributed by atoms with Crippen LogP contribution in [0.1, 0.15) is 20.3 Å². The summed E-state index contributed by atoms with van der Waals surface area (Å²) in [4.78, 5) is 13.1. The maximum atomic E-state index is 11.5. The number of hydrogen-bond acceptors (Lipinski definition) is 2. The standard InChI is InChI=1S/C9H20N2O/c1-7(2)5-8(6-10)9(12)11(3)4/h7-8H,5-6,10H2,1-4H3. The number of nitrogens with two attached hydrogens (primary N) is 1. The fraction of sp³-hybridized carbons (Fsp3) is 0.889. The quantitative estimate of drug-likeness (QED) is 0.678. The van der Waals surface area contributed by atoms with Crippen LogP contribution in [0.3, 0.4) is 0 Å². The average Bonchev–Trinajstić information content (AvgIpc) is 1.98. The molecule has 1 unspecified atom stereocenters. The SMILES string of the molecule is CC(C)CC(CN)C(=O)N(C)C. The van der Waals surface area contributed by atoms with E-state index in [9.17, 15) is 4.79 Å². The summed E-state index contributed by atoms with van der Waals surface area (Å²) in [6.45, 7) is 4.66. The van der Waals surface area contributed by atoms with Gasteiger partial charge in [0.15, 0.2) is 0 Å². The summed E-state index contributed by atoms with van der Waals surface area (Å²) in [7, 11) is 3.54. The Labute approximate surface area is 74.9 Å². The Bertz CT molecular complexity index is 143. The van der Waals surface area contributed by atoms with Crippen molar-refractivity contribution in [2.24, 2.45) is 17.6 Å². The summed E-state index contributed by atoms with van der Waals surface area (Å²) in [6, 6.07) is 0. The molecule has 72 valence electrons. The fourth-order valence-corrected chi connectivity index (χ4v) is 1.23. The molecule has 0 aromatic heterocycles. The Morgan fingerprint density at radius 1 is 1.42 bits per heavy atom. The molecule has 1 atom stereocenters. The molecule has 0 aliphatic carbocycles. The predicted molar refractivity (Wildman–Crippen MR) is 50.7 cm³/mol. The molecule has 12 heavy (non-hydrogen) atoms. The third-order valence-corrected chi connectivity index (χ3v) is 1.83. The van der Waals surface area contributed by atoms with Crippen LogP contribution in [0.5, 0.6) is 0 Å². The molecular formula is C9H20N2O. The lowest BCUT2D eigenvalue weighted by Gasteiger charge is -2.20. The molecule has 2 N–H and O–H groups in total. The normalized spacial score (nSPS) is 13.2. The molecule has 0 heterocycles. The lowest BCUT2D eigenvalue weighted by Crippen LogP contribution is -2.34. The molecule has 0 saturated carbocycles. The van der Waals surface area contributed by atoms with Gasteiger partial charge in [0.1, 0.15) is 0 Å². The largest absolute Gasteiger partial charge is 0.349 e. The maximum Gasteiger partial charge on any atom is 0.226 e. The molecule has 0 spiro atoms. The van der Waals surface area contributed by atoms with Crippen LogP contribution in [0.15, 0.2) is 0 Å². The minimum Gasteiger partial charge on any atom is -0.349 e. The number of carbonyl (C=O) groups excluding carboxylic acids is 1. The van der Waals surface area contributed by atoms with Crippen LogP contribution in [-0.4, -0.2) is 31.4 Å². The van der Waals surface area contributed by atoms with Crippen LogP contribution >= 0.6 is 0 Å². The van der Waals surface area contributed by atoms with Gasteiger partial charge < -0.3 is 10.6 Å². The van der Waals surface area contributed by atoms with Gasteiger partial charge in [-0.2, -0.15) is 0 Å². The predicted octanol–water partition coefficient (Wildman–Crippen LogP) is 0.696. The highest BCUT2D eigenvalue weighted by molar-refractivity contribution is 5.78. The summed E-state index contributed by atoms with van der Waals surface area (Å²) in [5, 5.41) is 0. The zero-order valence-electron chi connectivity index (χ0n) is 8.50. The molecule has 0 aromatic rings. The summed E-state index contributed by atoms with van der Waals surface area (Å²) < 4.78 is 0. The van der Waals surface area contributed by atoms with Gasteiger partial charge in [-0.05, 0) is 12.3 Å². The molecule has 0 saturated heterocycles. The van der Waals surface area contributed by atoms with Crippen molar-refractivity contribution in [2.75, 3.05) is 20.6 Å². The molecule has 3 heteroatoms. The van der Waals surface area contributed by atoms with Gasteiger partial charge in [-0.25, -0.2) is 0 Å². The van der Waals surface area contributed by atoms with E-state index in [0.29, 0.717) is 12.5 Å². The number of carbonyl (C=O) groups is 1. The second-order valence-corrected chi connectivity index (χ2v) is 3.79. The molecule has 0 fully saturated rings. The third kappa shape index (κ3) is 3.72. The first-order chi connectivity index (χ1) is 5.49. The summed E-state index contributed by atoms with van der Waals surface area (Å²) in [5.41, 5.74) is 5.51. The van der Waals surface area contributed by atoms with Gasteiger partial charge >= 0.3 is 0 Å². The topological polar surface area (TPSA) is 46.3 Å². The van der Waals surface area contributed by atoms with Crippen molar-refractivity contribution in [1.29, 1.82) is 0 Å². The number of hydrogen-bond donors (Lipinski definition) is 1. The van der Waals surface area contributed by atoms with Crippen molar-refractivity contribution in [2.45, 2.75) is 20.3 Å². The maximum absolute atomic E-state index is 11.5. The zero-order chi connectivity index (χ0) is 9.72. The Morgan fingerprint density at radius 3 is 2.17 bits per heavy atom. The summed E-state index contributed by atoms with van der Waals surface area (Å²) in [6.07, 6.45) is 0.882. The molecule has 0 aliphatic heterocycles. The zero-order valence-corrected chi connectivity index (χ0v) is 8.50. The van der Waals surface area contributed by atoms with E-state index >= 15 is 0 Å². The van der Waals surface area contributed by atoms with Crippen molar-refractivity contribution < 1.29 is 4.79 Å². The average molecular weight is 172 g/mol. The second kappa shape index (κ2) is 5.14. The van der Waals surface area contributed by atoms with Gasteiger partial charge in [-0.3, -0.25) is 4.79 Å². The summed E-state index contributed by atoms with van der Waals surface area (Å²) >= 11 is 0. The number of nitrogens with zero attached hydrogens (tertiary/aromatic N) is 1. The summed E-state index contributed by atoms with van der Waals surface area (Å²) in [5.74, 6) is 0.675. The molecule has 0 aliphatic rings. The minimum absolute atomic E-state index is 0.000000000000000444. The van der Waals surface area contributed by atoms with Crippen molar-refractivity contribution >= 4 is 5.91 Å². The highest BCUT2D eigenvalue weighted by Crippen LogP contribution is 2.12. The van der Waals surface area contributed by atoms with Crippen molar-refractivity contribution in [3.63, 3.8) is 0 Å². The van der Waals surface area contributed by atoms with Crippen LogP contribution in [-0.2, 0) is 4.79 Å². The monoisotopic (exact) mass is 172 g/mol. The van der Waals surface area contributed by atoms with Gasteiger partial charge in [0.25, 0.3) is 0 Å². The van der Waals surface area contributed by atoms with Gasteiger partial charge in [0, 0.05) is 20.6 Å². The van der Waals surface area contributed by atoms with Gasteiger partial charge in [0.2, 0.25) is 5.91 Å². The van der Waals surface area contributed by atoms with E-state index in [2.05, 4.69) is 13.8 Å². The van der Waals surface area contributed by atoms with Crippen molar-refractivity contribution in [1.82, 2.24) is 4.90 Å². The van der Waals surface area contributed by atoms with Crippen molar-refractivity contribution in [3.8, 4) is 0 Å². The van der Waals surface area contributed by atoms with Gasteiger partial charge in [0.05, 0.1) is 5.92 Å². The van der Waals surface area contributed by atoms with Gasteiger partial charge in [-0.1, -0.05) is 13.8 Å². The third-order valence-electron chi connectivity index (χ3n) is 1.83. The van der Waals surface area contributed by atoms with E-state index in [0.717, 1.165) is 6.42 Å². The van der Waals surface area contributed by atoms with Crippen molar-refractivity contribution in [3.05, 3.63) is 0 Å². The smallest absolute Gasteiger partial charge is 0.226 e. The van der Waals surface area contributed by atoms with Crippen LogP contribution in [0.25, 0.3) is 0 Å². The Kier molecular flexibility index (Phi) is 4.90. The molecule has 0 rings (SSSR count). The van der Waals surface area contributed by atoms with E-state index < -0.39 is 0 Å². The van der Waals surface area contributed by atoms with E-state index in [1.165, 1.54) is 0 Å². The second-order valence-electron chi connectivity index (χ2n) is 3.79. The van der Waals surface area contributed by atoms with E-state index in [1.807, 2.05) is 0 Å². The first-order valence-electron chi connectivity index (χ1n) is 4.40. The molecule has 3 nitrogen and oxygen atoms in total. The molecule has 0 radical (unpaired) electrons. The molecule has 0 bridgehead atoms. The lowest BCUT2D eigenvalue weighted by atomic mass is 9.96. The Hall–Kier alpha value is -0.570. The molecule has 0 aromatic carbocycles. The minimum atomic E-state index is -0.000000000000000444. The highest BCUT2D eigenvalue weighted by Gasteiger charge is 2.19. The fourth-order valence-electron chi connectivity index (χ4n) is 1.23. The van der Waals surface area contributed by atoms with E-state index in [-0.39, 0.29) is 11.8 Å². The van der Waals surface area contributed by atoms with Gasteiger partial charge in [-0.15, -0.1) is 0 Å². The van der Waals surface area contributed by atoms with Crippen LogP contribution < -0.4 is 5.73 Å². The Balaban J connectivity index is 4.06. The number of amides is 1. The van der Waals surface area contributed by atoms with E-state index in [4.69, 9.17) is 5.73 Å². The van der Waals surface area contributed by atoms with E-state index in [1.54, 1.807) is 19.0 Å². The van der Waals surface area contributed by atoms with Crippen LogP contribution in [0.2, 0.25) is 0 Å². The van der Waals surface area contributed by atoms with Crippen LogP contribution in [0, 0.1) is 11.8 Å².